The zero-order valence-corrected chi connectivity index (χ0v) is 15.7. The van der Waals surface area contributed by atoms with E-state index in [-0.39, 0.29) is 29.6 Å². The van der Waals surface area contributed by atoms with Crippen LogP contribution in [0.3, 0.4) is 0 Å². The Kier molecular flexibility index (Phi) is 6.46. The number of likely N-dealkylation sites (tertiary alicyclic amines) is 1. The predicted molar refractivity (Wildman–Crippen MR) is 99.8 cm³/mol. The average molecular weight is 397 g/mol. The number of nitrogens with one attached hydrogen (secondary N) is 2. The van der Waals surface area contributed by atoms with Gasteiger partial charge in [-0.25, -0.2) is 4.79 Å². The van der Waals surface area contributed by atoms with Crippen molar-refractivity contribution in [2.75, 3.05) is 18.4 Å². The predicted octanol–water partition coefficient (Wildman–Crippen LogP) is 4.40. The Labute approximate surface area is 162 Å². The van der Waals surface area contributed by atoms with E-state index in [1.165, 1.54) is 18.6 Å². The summed E-state index contributed by atoms with van der Waals surface area (Å²) in [4.78, 5) is 26.5. The van der Waals surface area contributed by atoms with E-state index in [9.17, 15) is 22.8 Å². The van der Waals surface area contributed by atoms with E-state index in [0.717, 1.165) is 37.8 Å². The van der Waals surface area contributed by atoms with Crippen LogP contribution in [-0.4, -0.2) is 36.0 Å². The first-order chi connectivity index (χ1) is 13.3. The van der Waals surface area contributed by atoms with Crippen molar-refractivity contribution in [1.29, 1.82) is 0 Å². The molecule has 1 heterocycles. The maximum Gasteiger partial charge on any atom is 0.416 e. The van der Waals surface area contributed by atoms with E-state index in [1.54, 1.807) is 4.90 Å². The number of alkyl halides is 3. The molecule has 0 radical (unpaired) electrons. The number of carbonyl (C=O) groups excluding carboxylic acids is 2. The van der Waals surface area contributed by atoms with Crippen LogP contribution in [0.25, 0.3) is 0 Å². The molecule has 8 heteroatoms. The molecule has 1 aromatic carbocycles. The van der Waals surface area contributed by atoms with Crippen molar-refractivity contribution >= 4 is 17.6 Å². The highest BCUT2D eigenvalue weighted by atomic mass is 19.4. The van der Waals surface area contributed by atoms with E-state index in [4.69, 9.17) is 0 Å². The van der Waals surface area contributed by atoms with Crippen LogP contribution in [0.2, 0.25) is 0 Å². The standard InChI is InChI=1S/C20H26F3N3O2/c21-20(22,23)15-5-4-8-17(13-15)24-18(27)14-9-11-26(12-10-14)19(28)25-16-6-2-1-3-7-16/h4-5,8,13-14,16H,1-3,6-7,9-12H2,(H,24,27)(H,25,28). The van der Waals surface area contributed by atoms with Gasteiger partial charge in [-0.3, -0.25) is 4.79 Å². The molecular formula is C20H26F3N3O2. The van der Waals surface area contributed by atoms with Gasteiger partial charge < -0.3 is 15.5 Å². The van der Waals surface area contributed by atoms with Crippen LogP contribution in [0.4, 0.5) is 23.7 Å². The first kappa shape index (κ1) is 20.5. The average Bonchev–Trinajstić information content (AvgIpc) is 2.68. The lowest BCUT2D eigenvalue weighted by Gasteiger charge is -2.33. The summed E-state index contributed by atoms with van der Waals surface area (Å²) >= 11 is 0. The first-order valence-electron chi connectivity index (χ1n) is 9.86. The molecule has 0 aromatic heterocycles. The largest absolute Gasteiger partial charge is 0.416 e. The molecule has 5 nitrogen and oxygen atoms in total. The Morgan fingerprint density at radius 3 is 2.32 bits per heavy atom. The number of benzene rings is 1. The van der Waals surface area contributed by atoms with Gasteiger partial charge in [0.15, 0.2) is 0 Å². The fourth-order valence-electron chi connectivity index (χ4n) is 3.88. The van der Waals surface area contributed by atoms with Crippen molar-refractivity contribution in [3.8, 4) is 0 Å². The summed E-state index contributed by atoms with van der Waals surface area (Å²) in [5.74, 6) is -0.611. The molecule has 1 aliphatic heterocycles. The second kappa shape index (κ2) is 8.84. The summed E-state index contributed by atoms with van der Waals surface area (Å²) in [5.41, 5.74) is -0.656. The van der Waals surface area contributed by atoms with E-state index in [1.807, 2.05) is 0 Å². The SMILES string of the molecule is O=C(Nc1cccc(C(F)(F)F)c1)C1CCN(C(=O)NC2CCCCC2)CC1. The highest BCUT2D eigenvalue weighted by Crippen LogP contribution is 2.31. The zero-order valence-electron chi connectivity index (χ0n) is 15.7. The van der Waals surface area contributed by atoms with Crippen LogP contribution < -0.4 is 10.6 Å². The summed E-state index contributed by atoms with van der Waals surface area (Å²) < 4.78 is 38.4. The van der Waals surface area contributed by atoms with E-state index in [0.29, 0.717) is 25.9 Å². The van der Waals surface area contributed by atoms with Gasteiger partial charge in [-0.1, -0.05) is 25.3 Å². The van der Waals surface area contributed by atoms with Crippen LogP contribution in [-0.2, 0) is 11.0 Å². The van der Waals surface area contributed by atoms with Gasteiger partial charge in [-0.15, -0.1) is 0 Å². The molecule has 0 bridgehead atoms. The quantitative estimate of drug-likeness (QED) is 0.794. The number of urea groups is 1. The van der Waals surface area contributed by atoms with E-state index >= 15 is 0 Å². The van der Waals surface area contributed by atoms with Crippen molar-refractivity contribution in [2.24, 2.45) is 5.92 Å². The molecule has 154 valence electrons. The van der Waals surface area contributed by atoms with Gasteiger partial charge in [0.1, 0.15) is 0 Å². The third-order valence-corrected chi connectivity index (χ3v) is 5.54. The van der Waals surface area contributed by atoms with Gasteiger partial charge in [-0.2, -0.15) is 13.2 Å². The normalized spacial score (nSPS) is 19.3. The van der Waals surface area contributed by atoms with Crippen molar-refractivity contribution in [2.45, 2.75) is 57.2 Å². The molecular weight excluding hydrogens is 371 g/mol. The summed E-state index contributed by atoms with van der Waals surface area (Å²) in [6.45, 7) is 0.943. The molecule has 2 aliphatic rings. The number of carbonyl (C=O) groups is 2. The van der Waals surface area contributed by atoms with E-state index in [2.05, 4.69) is 10.6 Å². The maximum atomic E-state index is 12.8. The lowest BCUT2D eigenvalue weighted by molar-refractivity contribution is -0.137. The van der Waals surface area contributed by atoms with Crippen LogP contribution >= 0.6 is 0 Å². The second-order valence-electron chi connectivity index (χ2n) is 7.61. The molecule has 1 aliphatic carbocycles. The third-order valence-electron chi connectivity index (χ3n) is 5.54. The minimum Gasteiger partial charge on any atom is -0.335 e. The molecule has 2 fully saturated rings. The summed E-state index contributed by atoms with van der Waals surface area (Å²) in [7, 11) is 0. The minimum absolute atomic E-state index is 0.0800. The number of amides is 3. The van der Waals surface area contributed by atoms with Crippen LogP contribution in [0.5, 0.6) is 0 Å². The number of piperidine rings is 1. The summed E-state index contributed by atoms with van der Waals surface area (Å²) in [5, 5.41) is 5.65. The molecule has 0 spiro atoms. The molecule has 2 N–H and O–H groups in total. The zero-order chi connectivity index (χ0) is 20.1. The van der Waals surface area contributed by atoms with Gasteiger partial charge >= 0.3 is 12.2 Å². The van der Waals surface area contributed by atoms with Crippen molar-refractivity contribution in [3.05, 3.63) is 29.8 Å². The van der Waals surface area contributed by atoms with Crippen molar-refractivity contribution in [3.63, 3.8) is 0 Å². The molecule has 1 saturated carbocycles. The van der Waals surface area contributed by atoms with Crippen molar-refractivity contribution in [1.82, 2.24) is 10.2 Å². The molecule has 0 unspecified atom stereocenters. The van der Waals surface area contributed by atoms with Crippen molar-refractivity contribution < 1.29 is 22.8 Å². The molecule has 0 atom stereocenters. The fourth-order valence-corrected chi connectivity index (χ4v) is 3.88. The molecule has 28 heavy (non-hydrogen) atoms. The second-order valence-corrected chi connectivity index (χ2v) is 7.61. The number of hydrogen-bond donors (Lipinski definition) is 2. The molecule has 3 amide bonds. The number of anilines is 1. The first-order valence-corrected chi connectivity index (χ1v) is 9.86. The van der Waals surface area contributed by atoms with Crippen LogP contribution in [0, 0.1) is 5.92 Å². The smallest absolute Gasteiger partial charge is 0.335 e. The monoisotopic (exact) mass is 397 g/mol. The third kappa shape index (κ3) is 5.39. The fraction of sp³-hybridized carbons (Fsp3) is 0.600. The Hall–Kier alpha value is -2.25. The summed E-state index contributed by atoms with van der Waals surface area (Å²) in [6.07, 6.45) is 2.09. The number of halogens is 3. The Bertz CT molecular complexity index is 694. The number of rotatable bonds is 3. The van der Waals surface area contributed by atoms with Gasteiger partial charge in [-0.05, 0) is 43.9 Å². The lowest BCUT2D eigenvalue weighted by atomic mass is 9.95. The maximum absolute atomic E-state index is 12.8. The van der Waals surface area contributed by atoms with Gasteiger partial charge in [0.05, 0.1) is 5.56 Å². The molecule has 3 rings (SSSR count). The van der Waals surface area contributed by atoms with Crippen LogP contribution in [0.1, 0.15) is 50.5 Å². The van der Waals surface area contributed by atoms with Gasteiger partial charge in [0.25, 0.3) is 0 Å². The Balaban J connectivity index is 1.48. The molecule has 1 saturated heterocycles. The van der Waals surface area contributed by atoms with Crippen LogP contribution in [0.15, 0.2) is 24.3 Å². The molecule has 1 aromatic rings. The highest BCUT2D eigenvalue weighted by molar-refractivity contribution is 5.92. The van der Waals surface area contributed by atoms with Gasteiger partial charge in [0.2, 0.25) is 5.91 Å². The number of nitrogens with zero attached hydrogens (tertiary/aromatic N) is 1. The number of hydrogen-bond acceptors (Lipinski definition) is 2. The highest BCUT2D eigenvalue weighted by Gasteiger charge is 2.31. The van der Waals surface area contributed by atoms with E-state index < -0.39 is 11.7 Å². The lowest BCUT2D eigenvalue weighted by Crippen LogP contribution is -2.49. The van der Waals surface area contributed by atoms with Gasteiger partial charge in [0, 0.05) is 30.7 Å². The minimum atomic E-state index is -4.45. The Morgan fingerprint density at radius 1 is 1.00 bits per heavy atom. The summed E-state index contributed by atoms with van der Waals surface area (Å²) in [6, 6.07) is 4.78. The Morgan fingerprint density at radius 2 is 1.68 bits per heavy atom. The topological polar surface area (TPSA) is 61.4 Å².